The summed E-state index contributed by atoms with van der Waals surface area (Å²) in [5.74, 6) is -2.89. The van der Waals surface area contributed by atoms with E-state index >= 15 is 0 Å². The van der Waals surface area contributed by atoms with Crippen LogP contribution in [0.25, 0.3) is 0 Å². The van der Waals surface area contributed by atoms with Gasteiger partial charge in [-0.2, -0.15) is 0 Å². The van der Waals surface area contributed by atoms with E-state index in [0.717, 1.165) is 5.56 Å². The zero-order valence-electron chi connectivity index (χ0n) is 13.8. The van der Waals surface area contributed by atoms with Crippen molar-refractivity contribution in [1.82, 2.24) is 16.0 Å². The SMILES string of the molecule is CC(N)C(=O)NCC(=O)NCC(=O)NC(Cc1ccccc1)C(=O)O. The van der Waals surface area contributed by atoms with Gasteiger partial charge in [0, 0.05) is 6.42 Å². The predicted molar refractivity (Wildman–Crippen MR) is 89.4 cm³/mol. The van der Waals surface area contributed by atoms with E-state index < -0.39 is 42.3 Å². The molecule has 0 aliphatic heterocycles. The Labute approximate surface area is 145 Å². The molecule has 1 rings (SSSR count). The molecule has 25 heavy (non-hydrogen) atoms. The Kier molecular flexibility index (Phi) is 8.07. The first-order valence-corrected chi connectivity index (χ1v) is 7.65. The number of carbonyl (C=O) groups is 4. The first kappa shape index (κ1) is 20.1. The number of carbonyl (C=O) groups excluding carboxylic acids is 3. The number of benzene rings is 1. The van der Waals surface area contributed by atoms with Crippen LogP contribution in [0.5, 0.6) is 0 Å². The second-order valence-corrected chi connectivity index (χ2v) is 5.43. The molecule has 0 saturated carbocycles. The Morgan fingerprint density at radius 1 is 1.04 bits per heavy atom. The molecular weight excluding hydrogens is 328 g/mol. The second kappa shape index (κ2) is 10.0. The summed E-state index contributed by atoms with van der Waals surface area (Å²) in [5, 5.41) is 16.1. The van der Waals surface area contributed by atoms with Gasteiger partial charge in [-0.05, 0) is 12.5 Å². The Morgan fingerprint density at radius 3 is 2.20 bits per heavy atom. The lowest BCUT2D eigenvalue weighted by molar-refractivity contribution is -0.141. The number of rotatable bonds is 9. The number of hydrogen-bond donors (Lipinski definition) is 5. The molecule has 136 valence electrons. The van der Waals surface area contributed by atoms with E-state index in [1.165, 1.54) is 6.92 Å². The third kappa shape index (κ3) is 7.93. The van der Waals surface area contributed by atoms with Gasteiger partial charge in [0.25, 0.3) is 0 Å². The summed E-state index contributed by atoms with van der Waals surface area (Å²) in [4.78, 5) is 45.8. The first-order valence-electron chi connectivity index (χ1n) is 7.65. The van der Waals surface area contributed by atoms with Gasteiger partial charge < -0.3 is 26.8 Å². The number of amides is 3. The van der Waals surface area contributed by atoms with Crippen LogP contribution in [0.15, 0.2) is 30.3 Å². The molecule has 0 spiro atoms. The number of nitrogens with one attached hydrogen (secondary N) is 3. The smallest absolute Gasteiger partial charge is 0.326 e. The lowest BCUT2D eigenvalue weighted by atomic mass is 10.1. The molecule has 0 fully saturated rings. The maximum absolute atomic E-state index is 11.8. The van der Waals surface area contributed by atoms with Gasteiger partial charge in [0.2, 0.25) is 17.7 Å². The highest BCUT2D eigenvalue weighted by Crippen LogP contribution is 2.03. The minimum Gasteiger partial charge on any atom is -0.480 e. The van der Waals surface area contributed by atoms with Crippen molar-refractivity contribution in [2.75, 3.05) is 13.1 Å². The van der Waals surface area contributed by atoms with E-state index in [2.05, 4.69) is 16.0 Å². The third-order valence-corrected chi connectivity index (χ3v) is 3.20. The maximum Gasteiger partial charge on any atom is 0.326 e. The average Bonchev–Trinajstić information content (AvgIpc) is 2.57. The number of aliphatic carboxylic acids is 1. The number of hydrogen-bond acceptors (Lipinski definition) is 5. The fourth-order valence-corrected chi connectivity index (χ4v) is 1.86. The Balaban J connectivity index is 2.41. The van der Waals surface area contributed by atoms with Gasteiger partial charge in [0.05, 0.1) is 19.1 Å². The van der Waals surface area contributed by atoms with Crippen LogP contribution >= 0.6 is 0 Å². The molecule has 0 heterocycles. The Morgan fingerprint density at radius 2 is 1.64 bits per heavy atom. The monoisotopic (exact) mass is 350 g/mol. The van der Waals surface area contributed by atoms with Crippen LogP contribution in [0.2, 0.25) is 0 Å². The average molecular weight is 350 g/mol. The standard InChI is InChI=1S/C16H22N4O5/c1-10(17)15(23)19-8-13(21)18-9-14(22)20-12(16(24)25)7-11-5-3-2-4-6-11/h2-6,10,12H,7-9,17H2,1H3,(H,18,21)(H,19,23)(H,20,22)(H,24,25). The van der Waals surface area contributed by atoms with Crippen LogP contribution < -0.4 is 21.7 Å². The largest absolute Gasteiger partial charge is 0.480 e. The van der Waals surface area contributed by atoms with Crippen molar-refractivity contribution in [2.24, 2.45) is 5.73 Å². The highest BCUT2D eigenvalue weighted by Gasteiger charge is 2.20. The lowest BCUT2D eigenvalue weighted by Gasteiger charge is -2.15. The van der Waals surface area contributed by atoms with Crippen molar-refractivity contribution in [3.63, 3.8) is 0 Å². The molecule has 9 nitrogen and oxygen atoms in total. The summed E-state index contributed by atoms with van der Waals surface area (Å²) >= 11 is 0. The summed E-state index contributed by atoms with van der Waals surface area (Å²) in [6.45, 7) is 0.755. The van der Waals surface area contributed by atoms with Gasteiger partial charge in [0.1, 0.15) is 6.04 Å². The van der Waals surface area contributed by atoms with E-state index in [1.54, 1.807) is 30.3 Å². The van der Waals surface area contributed by atoms with Gasteiger partial charge >= 0.3 is 5.97 Å². The molecule has 0 aliphatic carbocycles. The molecule has 3 amide bonds. The highest BCUT2D eigenvalue weighted by molar-refractivity contribution is 5.90. The van der Waals surface area contributed by atoms with E-state index in [1.807, 2.05) is 0 Å². The molecule has 9 heteroatoms. The molecule has 0 bridgehead atoms. The fraction of sp³-hybridized carbons (Fsp3) is 0.375. The van der Waals surface area contributed by atoms with Crippen molar-refractivity contribution >= 4 is 23.7 Å². The van der Waals surface area contributed by atoms with Gasteiger partial charge in [-0.25, -0.2) is 4.79 Å². The summed E-state index contributed by atoms with van der Waals surface area (Å²) in [6, 6.07) is 7.00. The van der Waals surface area contributed by atoms with Crippen LogP contribution in [-0.2, 0) is 25.6 Å². The number of nitrogens with two attached hydrogens (primary N) is 1. The quantitative estimate of drug-likeness (QED) is 0.361. The molecule has 6 N–H and O–H groups in total. The topological polar surface area (TPSA) is 151 Å². The minimum absolute atomic E-state index is 0.125. The van der Waals surface area contributed by atoms with Gasteiger partial charge in [0.15, 0.2) is 0 Å². The minimum atomic E-state index is -1.17. The third-order valence-electron chi connectivity index (χ3n) is 3.20. The lowest BCUT2D eigenvalue weighted by Crippen LogP contribution is -2.48. The first-order chi connectivity index (χ1) is 11.8. The molecule has 2 atom stereocenters. The Bertz CT molecular complexity index is 618. The zero-order valence-corrected chi connectivity index (χ0v) is 13.8. The molecule has 1 aromatic carbocycles. The summed E-state index contributed by atoms with van der Waals surface area (Å²) in [6.07, 6.45) is 0.125. The summed E-state index contributed by atoms with van der Waals surface area (Å²) in [7, 11) is 0. The van der Waals surface area contributed by atoms with E-state index in [4.69, 9.17) is 5.73 Å². The van der Waals surface area contributed by atoms with Gasteiger partial charge in [-0.1, -0.05) is 30.3 Å². The number of carboxylic acids is 1. The normalized spacial score (nSPS) is 12.6. The van der Waals surface area contributed by atoms with Crippen molar-refractivity contribution in [3.05, 3.63) is 35.9 Å². The second-order valence-electron chi connectivity index (χ2n) is 5.43. The summed E-state index contributed by atoms with van der Waals surface area (Å²) < 4.78 is 0. The Hall–Kier alpha value is -2.94. The summed E-state index contributed by atoms with van der Waals surface area (Å²) in [5.41, 5.74) is 6.09. The van der Waals surface area contributed by atoms with Crippen LogP contribution in [0.1, 0.15) is 12.5 Å². The molecule has 0 saturated heterocycles. The maximum atomic E-state index is 11.8. The predicted octanol–water partition coefficient (Wildman–Crippen LogP) is -1.62. The zero-order chi connectivity index (χ0) is 18.8. The van der Waals surface area contributed by atoms with E-state index in [9.17, 15) is 24.3 Å². The highest BCUT2D eigenvalue weighted by atomic mass is 16.4. The van der Waals surface area contributed by atoms with Crippen molar-refractivity contribution in [1.29, 1.82) is 0 Å². The van der Waals surface area contributed by atoms with Crippen LogP contribution in [0, 0.1) is 0 Å². The van der Waals surface area contributed by atoms with E-state index in [0.29, 0.717) is 0 Å². The molecule has 0 aliphatic rings. The van der Waals surface area contributed by atoms with Crippen LogP contribution in [-0.4, -0.2) is 54.0 Å². The molecule has 1 aromatic rings. The van der Waals surface area contributed by atoms with Gasteiger partial charge in [-0.3, -0.25) is 14.4 Å². The fourth-order valence-electron chi connectivity index (χ4n) is 1.86. The molecule has 0 radical (unpaired) electrons. The van der Waals surface area contributed by atoms with Crippen LogP contribution in [0.4, 0.5) is 0 Å². The molecule has 0 aromatic heterocycles. The molecular formula is C16H22N4O5. The number of carboxylic acid groups (broad SMARTS) is 1. The van der Waals surface area contributed by atoms with Crippen molar-refractivity contribution in [2.45, 2.75) is 25.4 Å². The van der Waals surface area contributed by atoms with Crippen LogP contribution in [0.3, 0.4) is 0 Å². The van der Waals surface area contributed by atoms with Crippen molar-refractivity contribution in [3.8, 4) is 0 Å². The van der Waals surface area contributed by atoms with Gasteiger partial charge in [-0.15, -0.1) is 0 Å². The molecule has 2 unspecified atom stereocenters. The van der Waals surface area contributed by atoms with E-state index in [-0.39, 0.29) is 13.0 Å². The van der Waals surface area contributed by atoms with Crippen molar-refractivity contribution < 1.29 is 24.3 Å².